The molecule has 2 N–H and O–H groups in total. The average molecular weight is 443 g/mol. The number of nitrogen functional groups attached to an aromatic ring is 1. The van der Waals surface area contributed by atoms with Gasteiger partial charge >= 0.3 is 0 Å². The van der Waals surface area contributed by atoms with Crippen LogP contribution in [0.4, 0.5) is 13.9 Å². The molecule has 31 heavy (non-hydrogen) atoms. The van der Waals surface area contributed by atoms with Gasteiger partial charge in [-0.15, -0.1) is 0 Å². The summed E-state index contributed by atoms with van der Waals surface area (Å²) in [6.07, 6.45) is -0.669. The molecule has 160 valence electrons. The van der Waals surface area contributed by atoms with E-state index in [4.69, 9.17) is 5.73 Å². The van der Waals surface area contributed by atoms with Gasteiger partial charge in [-0.05, 0) is 36.6 Å². The zero-order valence-electron chi connectivity index (χ0n) is 16.6. The fraction of sp³-hybridized carbons (Fsp3) is 0.350. The minimum atomic E-state index is -2.71. The number of fused-ring (bicyclic) bond motifs is 2. The van der Waals surface area contributed by atoms with Crippen LogP contribution in [0.2, 0.25) is 0 Å². The third kappa shape index (κ3) is 3.48. The Morgan fingerprint density at radius 2 is 2.13 bits per heavy atom. The smallest absolute Gasteiger partial charge is 0.280 e. The summed E-state index contributed by atoms with van der Waals surface area (Å²) in [5.74, 6) is 0.0266. The van der Waals surface area contributed by atoms with Crippen LogP contribution in [0, 0.1) is 5.92 Å². The number of hydrogen-bond donors (Lipinski definition) is 1. The van der Waals surface area contributed by atoms with E-state index in [1.54, 1.807) is 23.1 Å². The van der Waals surface area contributed by atoms with Crippen molar-refractivity contribution in [3.8, 4) is 0 Å². The monoisotopic (exact) mass is 443 g/mol. The van der Waals surface area contributed by atoms with Crippen LogP contribution in [0.25, 0.3) is 16.0 Å². The van der Waals surface area contributed by atoms with Crippen molar-refractivity contribution >= 4 is 38.4 Å². The van der Waals surface area contributed by atoms with Gasteiger partial charge in [0.1, 0.15) is 12.0 Å². The molecule has 0 aliphatic carbocycles. The summed E-state index contributed by atoms with van der Waals surface area (Å²) in [6, 6.07) is 6.72. The molecule has 1 fully saturated rings. The molecule has 1 aromatic carbocycles. The molecule has 4 heterocycles. The first-order valence-corrected chi connectivity index (χ1v) is 10.7. The predicted octanol–water partition coefficient (Wildman–Crippen LogP) is 3.52. The molecule has 1 aliphatic rings. The van der Waals surface area contributed by atoms with Crippen molar-refractivity contribution < 1.29 is 13.6 Å². The highest BCUT2D eigenvalue weighted by atomic mass is 32.1. The van der Waals surface area contributed by atoms with Gasteiger partial charge in [0.05, 0.1) is 15.9 Å². The van der Waals surface area contributed by atoms with Gasteiger partial charge in [0.25, 0.3) is 18.1 Å². The van der Waals surface area contributed by atoms with Crippen molar-refractivity contribution in [3.63, 3.8) is 0 Å². The molecule has 1 saturated heterocycles. The van der Waals surface area contributed by atoms with Gasteiger partial charge in [-0.1, -0.05) is 18.3 Å². The van der Waals surface area contributed by atoms with E-state index >= 15 is 0 Å². The summed E-state index contributed by atoms with van der Waals surface area (Å²) >= 11 is 1.33. The Morgan fingerprint density at radius 3 is 2.94 bits per heavy atom. The number of amides is 1. The van der Waals surface area contributed by atoms with E-state index in [0.29, 0.717) is 29.5 Å². The number of alkyl halides is 2. The summed E-state index contributed by atoms with van der Waals surface area (Å²) in [6.45, 7) is 3.04. The second kappa shape index (κ2) is 7.49. The van der Waals surface area contributed by atoms with Crippen LogP contribution in [-0.4, -0.2) is 48.5 Å². The fourth-order valence-electron chi connectivity index (χ4n) is 4.13. The SMILES string of the molecule is C[C@@H]1CCN(C(=O)c2ccc3nc(N)sc3c2)C[C@H]1c1cc(C(F)F)nc2ncnn12. The quantitative estimate of drug-likeness (QED) is 0.520. The fourth-order valence-corrected chi connectivity index (χ4v) is 4.90. The van der Waals surface area contributed by atoms with Crippen LogP contribution in [-0.2, 0) is 0 Å². The molecule has 2 atom stereocenters. The number of piperidine rings is 1. The Morgan fingerprint density at radius 1 is 1.29 bits per heavy atom. The van der Waals surface area contributed by atoms with E-state index < -0.39 is 6.43 Å². The van der Waals surface area contributed by atoms with Gasteiger partial charge in [0, 0.05) is 24.6 Å². The van der Waals surface area contributed by atoms with Crippen molar-refractivity contribution in [1.29, 1.82) is 0 Å². The number of likely N-dealkylation sites (tertiary alicyclic amines) is 1. The number of hydrogen-bond acceptors (Lipinski definition) is 7. The number of benzene rings is 1. The Labute approximate surface area is 179 Å². The lowest BCUT2D eigenvalue weighted by molar-refractivity contribution is 0.0665. The number of aromatic nitrogens is 5. The van der Waals surface area contributed by atoms with Gasteiger partial charge in [-0.3, -0.25) is 4.79 Å². The van der Waals surface area contributed by atoms with E-state index in [1.807, 2.05) is 0 Å². The van der Waals surface area contributed by atoms with E-state index in [1.165, 1.54) is 28.2 Å². The maximum atomic E-state index is 13.4. The minimum Gasteiger partial charge on any atom is -0.375 e. The molecule has 1 aliphatic heterocycles. The van der Waals surface area contributed by atoms with E-state index in [2.05, 4.69) is 27.0 Å². The number of nitrogens with zero attached hydrogens (tertiary/aromatic N) is 6. The normalized spacial score (nSPS) is 19.5. The first-order chi connectivity index (χ1) is 14.9. The molecular formula is C20H19F2N7OS. The average Bonchev–Trinajstić information content (AvgIpc) is 3.37. The van der Waals surface area contributed by atoms with Crippen molar-refractivity contribution in [1.82, 2.24) is 29.5 Å². The zero-order valence-corrected chi connectivity index (χ0v) is 17.4. The number of halogens is 2. The highest BCUT2D eigenvalue weighted by Gasteiger charge is 2.33. The molecular weight excluding hydrogens is 424 g/mol. The van der Waals surface area contributed by atoms with Gasteiger partial charge in [0.2, 0.25) is 0 Å². The molecule has 0 radical (unpaired) electrons. The lowest BCUT2D eigenvalue weighted by Gasteiger charge is -2.37. The molecule has 4 aromatic rings. The molecule has 0 bridgehead atoms. The van der Waals surface area contributed by atoms with Crippen LogP contribution in [0.1, 0.15) is 47.4 Å². The van der Waals surface area contributed by atoms with Crippen molar-refractivity contribution in [2.24, 2.45) is 5.92 Å². The van der Waals surface area contributed by atoms with E-state index in [0.717, 1.165) is 16.6 Å². The van der Waals surface area contributed by atoms with E-state index in [-0.39, 0.29) is 29.2 Å². The lowest BCUT2D eigenvalue weighted by Crippen LogP contribution is -2.42. The van der Waals surface area contributed by atoms with Crippen molar-refractivity contribution in [2.75, 3.05) is 18.8 Å². The van der Waals surface area contributed by atoms with Crippen LogP contribution < -0.4 is 5.73 Å². The van der Waals surface area contributed by atoms with Crippen LogP contribution in [0.15, 0.2) is 30.6 Å². The molecule has 11 heteroatoms. The number of thiazole rings is 1. The van der Waals surface area contributed by atoms with Gasteiger partial charge in [-0.25, -0.2) is 23.3 Å². The molecule has 5 rings (SSSR count). The number of anilines is 1. The molecule has 8 nitrogen and oxygen atoms in total. The van der Waals surface area contributed by atoms with Gasteiger partial charge in [-0.2, -0.15) is 10.1 Å². The van der Waals surface area contributed by atoms with Crippen LogP contribution in [0.5, 0.6) is 0 Å². The summed E-state index contributed by atoms with van der Waals surface area (Å²) < 4.78 is 29.2. The highest BCUT2D eigenvalue weighted by molar-refractivity contribution is 7.22. The first kappa shape index (κ1) is 19.7. The molecule has 0 spiro atoms. The Balaban J connectivity index is 1.48. The maximum Gasteiger partial charge on any atom is 0.280 e. The number of nitrogens with two attached hydrogens (primary N) is 1. The highest BCUT2D eigenvalue weighted by Crippen LogP contribution is 2.34. The third-order valence-corrected chi connectivity index (χ3v) is 6.65. The second-order valence-corrected chi connectivity index (χ2v) is 8.80. The number of rotatable bonds is 3. The largest absolute Gasteiger partial charge is 0.375 e. The number of carbonyl (C=O) groups is 1. The third-order valence-electron chi connectivity index (χ3n) is 5.80. The Bertz CT molecular complexity index is 1290. The second-order valence-electron chi connectivity index (χ2n) is 7.74. The van der Waals surface area contributed by atoms with E-state index in [9.17, 15) is 13.6 Å². The van der Waals surface area contributed by atoms with Gasteiger partial charge in [0.15, 0.2) is 5.13 Å². The summed E-state index contributed by atoms with van der Waals surface area (Å²) in [7, 11) is 0. The lowest BCUT2D eigenvalue weighted by atomic mass is 9.84. The molecule has 3 aromatic heterocycles. The minimum absolute atomic E-state index is 0.108. The number of carbonyl (C=O) groups excluding carboxylic acids is 1. The van der Waals surface area contributed by atoms with Crippen molar-refractivity contribution in [3.05, 3.63) is 47.5 Å². The summed E-state index contributed by atoms with van der Waals surface area (Å²) in [4.78, 5) is 27.1. The maximum absolute atomic E-state index is 13.4. The molecule has 0 unspecified atom stereocenters. The first-order valence-electron chi connectivity index (χ1n) is 9.85. The van der Waals surface area contributed by atoms with Gasteiger partial charge < -0.3 is 10.6 Å². The standard InChI is InChI=1S/C20H19F2N7OS/c1-10-4-5-28(18(30)11-2-3-13-16(6-11)31-19(23)26-13)8-12(10)15-7-14(17(21)22)27-20-24-9-25-29(15)20/h2-3,6-7,9-10,12,17H,4-5,8H2,1H3,(H2,23,26)/t10-,12-/m1/s1. The van der Waals surface area contributed by atoms with Crippen LogP contribution in [0.3, 0.4) is 0 Å². The molecule has 0 saturated carbocycles. The molecule has 1 amide bonds. The Kier molecular flexibility index (Phi) is 4.77. The predicted molar refractivity (Wildman–Crippen MR) is 112 cm³/mol. The Hall–Kier alpha value is -3.21. The van der Waals surface area contributed by atoms with Crippen LogP contribution >= 0.6 is 11.3 Å². The zero-order chi connectivity index (χ0) is 21.7. The van der Waals surface area contributed by atoms with Crippen molar-refractivity contribution in [2.45, 2.75) is 25.7 Å². The summed E-state index contributed by atoms with van der Waals surface area (Å²) in [5, 5.41) is 4.63. The summed E-state index contributed by atoms with van der Waals surface area (Å²) in [5.41, 5.74) is 7.34. The topological polar surface area (TPSA) is 102 Å².